The molecule has 0 saturated heterocycles. The van der Waals surface area contributed by atoms with Crippen molar-refractivity contribution in [3.63, 3.8) is 0 Å². The Bertz CT molecular complexity index is 439. The Hall–Kier alpha value is -1.32. The summed E-state index contributed by atoms with van der Waals surface area (Å²) in [5, 5.41) is 3.60. The smallest absolute Gasteiger partial charge is 0.243 e. The Morgan fingerprint density at radius 1 is 1.19 bits per heavy atom. The molecule has 0 bridgehead atoms. The van der Waals surface area contributed by atoms with Gasteiger partial charge in [-0.05, 0) is 56.2 Å². The van der Waals surface area contributed by atoms with Crippen LogP contribution in [0.3, 0.4) is 0 Å². The molecule has 0 aromatic heterocycles. The number of unbranched alkanes of at least 4 members (excludes halogenated alkanes) is 1. The molecule has 0 spiro atoms. The second-order valence-corrected chi connectivity index (χ2v) is 5.35. The van der Waals surface area contributed by atoms with E-state index in [0.717, 1.165) is 44.6 Å². The van der Waals surface area contributed by atoms with Crippen LogP contribution in [0.4, 0.5) is 0 Å². The fourth-order valence-electron chi connectivity index (χ4n) is 2.02. The number of hydrogen-bond donors (Lipinski definition) is 1. The second-order valence-electron chi connectivity index (χ2n) is 4.91. The molecule has 3 nitrogen and oxygen atoms in total. The van der Waals surface area contributed by atoms with E-state index in [0.29, 0.717) is 5.02 Å². The zero-order chi connectivity index (χ0) is 15.5. The van der Waals surface area contributed by atoms with Gasteiger partial charge in [-0.3, -0.25) is 4.79 Å². The molecule has 1 aromatic carbocycles. The Kier molecular flexibility index (Phi) is 8.79. The maximum atomic E-state index is 11.7. The van der Waals surface area contributed by atoms with E-state index >= 15 is 0 Å². The molecule has 0 saturated carbocycles. The number of nitrogens with zero attached hydrogens (tertiary/aromatic N) is 1. The molecule has 0 unspecified atom stereocenters. The van der Waals surface area contributed by atoms with Gasteiger partial charge in [-0.1, -0.05) is 37.6 Å². The van der Waals surface area contributed by atoms with Gasteiger partial charge in [0.2, 0.25) is 5.91 Å². The fourth-order valence-corrected chi connectivity index (χ4v) is 2.14. The predicted molar refractivity (Wildman–Crippen MR) is 90.5 cm³/mol. The molecular weight excluding hydrogens is 284 g/mol. The van der Waals surface area contributed by atoms with Crippen molar-refractivity contribution in [2.24, 2.45) is 0 Å². The Morgan fingerprint density at radius 3 is 2.48 bits per heavy atom. The van der Waals surface area contributed by atoms with Gasteiger partial charge in [0, 0.05) is 17.6 Å². The largest absolute Gasteiger partial charge is 0.353 e. The van der Waals surface area contributed by atoms with Crippen molar-refractivity contribution in [3.8, 4) is 0 Å². The van der Waals surface area contributed by atoms with Gasteiger partial charge in [0.1, 0.15) is 0 Å². The van der Waals surface area contributed by atoms with Gasteiger partial charge in [-0.2, -0.15) is 0 Å². The maximum absolute atomic E-state index is 11.7. The Labute approximate surface area is 133 Å². The monoisotopic (exact) mass is 308 g/mol. The molecule has 0 fully saturated rings. The fraction of sp³-hybridized carbons (Fsp3) is 0.471. The van der Waals surface area contributed by atoms with Crippen LogP contribution in [-0.4, -0.2) is 37.0 Å². The number of carbonyl (C=O) groups is 1. The van der Waals surface area contributed by atoms with E-state index in [9.17, 15) is 4.79 Å². The summed E-state index contributed by atoms with van der Waals surface area (Å²) in [5.74, 6) is -0.0483. The molecule has 21 heavy (non-hydrogen) atoms. The zero-order valence-electron chi connectivity index (χ0n) is 12.9. The molecule has 0 aliphatic rings. The van der Waals surface area contributed by atoms with Crippen LogP contribution >= 0.6 is 11.6 Å². The number of rotatable bonds is 9. The van der Waals surface area contributed by atoms with Crippen LogP contribution in [-0.2, 0) is 4.79 Å². The number of nitrogens with one attached hydrogen (secondary N) is 1. The first-order valence-electron chi connectivity index (χ1n) is 7.59. The summed E-state index contributed by atoms with van der Waals surface area (Å²) in [6, 6.07) is 7.39. The third kappa shape index (κ3) is 7.88. The number of halogens is 1. The molecule has 4 heteroatoms. The predicted octanol–water partition coefficient (Wildman–Crippen LogP) is 3.59. The van der Waals surface area contributed by atoms with Crippen molar-refractivity contribution in [2.75, 3.05) is 26.2 Å². The van der Waals surface area contributed by atoms with Crippen molar-refractivity contribution in [1.82, 2.24) is 10.2 Å². The standard InChI is InChI=1S/C17H25ClN2O/c1-3-20(4-2)14-6-5-13-19-17(21)12-9-15-7-10-16(18)11-8-15/h7-12H,3-6,13-14H2,1-2H3,(H,19,21)/b12-9+. The molecule has 0 atom stereocenters. The average Bonchev–Trinajstić information content (AvgIpc) is 2.50. The molecule has 1 aromatic rings. The van der Waals surface area contributed by atoms with Crippen molar-refractivity contribution in [3.05, 3.63) is 40.9 Å². The molecule has 116 valence electrons. The quantitative estimate of drug-likeness (QED) is 0.558. The van der Waals surface area contributed by atoms with Crippen LogP contribution in [0, 0.1) is 0 Å². The van der Waals surface area contributed by atoms with E-state index in [1.54, 1.807) is 12.2 Å². The lowest BCUT2D eigenvalue weighted by atomic mass is 10.2. The summed E-state index contributed by atoms with van der Waals surface area (Å²) >= 11 is 5.81. The maximum Gasteiger partial charge on any atom is 0.243 e. The first-order valence-corrected chi connectivity index (χ1v) is 7.97. The second kappa shape index (κ2) is 10.4. The molecule has 1 rings (SSSR count). The number of benzene rings is 1. The number of amides is 1. The molecule has 0 radical (unpaired) electrons. The Morgan fingerprint density at radius 2 is 1.86 bits per heavy atom. The highest BCUT2D eigenvalue weighted by molar-refractivity contribution is 6.30. The van der Waals surface area contributed by atoms with E-state index < -0.39 is 0 Å². The van der Waals surface area contributed by atoms with Gasteiger partial charge in [0.15, 0.2) is 0 Å². The van der Waals surface area contributed by atoms with Crippen LogP contribution in [0.15, 0.2) is 30.3 Å². The SMILES string of the molecule is CCN(CC)CCCCNC(=O)/C=C/c1ccc(Cl)cc1. The molecule has 1 N–H and O–H groups in total. The van der Waals surface area contributed by atoms with Gasteiger partial charge in [0.05, 0.1) is 0 Å². The van der Waals surface area contributed by atoms with E-state index in [4.69, 9.17) is 11.6 Å². The Balaban J connectivity index is 2.18. The van der Waals surface area contributed by atoms with E-state index in [1.807, 2.05) is 24.3 Å². The number of hydrogen-bond acceptors (Lipinski definition) is 2. The van der Waals surface area contributed by atoms with Crippen LogP contribution in [0.1, 0.15) is 32.3 Å². The minimum Gasteiger partial charge on any atom is -0.353 e. The van der Waals surface area contributed by atoms with Crippen molar-refractivity contribution in [2.45, 2.75) is 26.7 Å². The number of carbonyl (C=O) groups excluding carboxylic acids is 1. The highest BCUT2D eigenvalue weighted by Crippen LogP contribution is 2.10. The molecule has 0 aliphatic heterocycles. The highest BCUT2D eigenvalue weighted by Gasteiger charge is 1.99. The van der Waals surface area contributed by atoms with Crippen molar-refractivity contribution in [1.29, 1.82) is 0 Å². The summed E-state index contributed by atoms with van der Waals surface area (Å²) < 4.78 is 0. The first-order chi connectivity index (χ1) is 10.2. The normalized spacial score (nSPS) is 11.2. The van der Waals surface area contributed by atoms with Crippen molar-refractivity contribution < 1.29 is 4.79 Å². The van der Waals surface area contributed by atoms with Crippen molar-refractivity contribution >= 4 is 23.6 Å². The average molecular weight is 309 g/mol. The summed E-state index contributed by atoms with van der Waals surface area (Å²) in [7, 11) is 0. The van der Waals surface area contributed by atoms with Crippen LogP contribution in [0.2, 0.25) is 5.02 Å². The third-order valence-corrected chi connectivity index (χ3v) is 3.64. The lowest BCUT2D eigenvalue weighted by molar-refractivity contribution is -0.116. The molecule has 0 aliphatic carbocycles. The van der Waals surface area contributed by atoms with Gasteiger partial charge in [-0.25, -0.2) is 0 Å². The topological polar surface area (TPSA) is 32.3 Å². The highest BCUT2D eigenvalue weighted by atomic mass is 35.5. The minimum absolute atomic E-state index is 0.0483. The van der Waals surface area contributed by atoms with Crippen LogP contribution in [0.25, 0.3) is 6.08 Å². The van der Waals surface area contributed by atoms with Gasteiger partial charge in [0.25, 0.3) is 0 Å². The summed E-state index contributed by atoms with van der Waals surface area (Å²) in [4.78, 5) is 14.0. The molecule has 0 heterocycles. The van der Waals surface area contributed by atoms with Gasteiger partial charge >= 0.3 is 0 Å². The van der Waals surface area contributed by atoms with E-state index in [1.165, 1.54) is 0 Å². The van der Waals surface area contributed by atoms with E-state index in [2.05, 4.69) is 24.1 Å². The van der Waals surface area contributed by atoms with Crippen LogP contribution in [0.5, 0.6) is 0 Å². The third-order valence-electron chi connectivity index (χ3n) is 3.39. The van der Waals surface area contributed by atoms with Gasteiger partial charge in [-0.15, -0.1) is 0 Å². The molecule has 1 amide bonds. The lowest BCUT2D eigenvalue weighted by Crippen LogP contribution is -2.26. The first kappa shape index (κ1) is 17.7. The van der Waals surface area contributed by atoms with E-state index in [-0.39, 0.29) is 5.91 Å². The van der Waals surface area contributed by atoms with Crippen LogP contribution < -0.4 is 5.32 Å². The summed E-state index contributed by atoms with van der Waals surface area (Å²) in [6.45, 7) is 8.35. The zero-order valence-corrected chi connectivity index (χ0v) is 13.7. The molecular formula is C17H25ClN2O. The minimum atomic E-state index is -0.0483. The summed E-state index contributed by atoms with van der Waals surface area (Å²) in [5.41, 5.74) is 0.969. The lowest BCUT2D eigenvalue weighted by Gasteiger charge is -2.17. The summed E-state index contributed by atoms with van der Waals surface area (Å²) in [6.07, 6.45) is 5.48. The van der Waals surface area contributed by atoms with Gasteiger partial charge < -0.3 is 10.2 Å².